The Bertz CT molecular complexity index is 1770. The predicted molar refractivity (Wildman–Crippen MR) is 140 cm³/mol. The van der Waals surface area contributed by atoms with Crippen LogP contribution in [0.2, 0.25) is 0 Å². The van der Waals surface area contributed by atoms with E-state index in [2.05, 4.69) is 19.9 Å². The number of carbonyl (C=O) groups is 4. The number of aromatic nitrogens is 4. The number of benzene rings is 4. The molecule has 0 saturated heterocycles. The van der Waals surface area contributed by atoms with Crippen molar-refractivity contribution in [2.45, 2.75) is 0 Å². The molecule has 0 atom stereocenters. The fraction of sp³-hybridized carbons (Fsp3) is 0. The summed E-state index contributed by atoms with van der Waals surface area (Å²) in [6.45, 7) is 0. The van der Waals surface area contributed by atoms with E-state index >= 15 is 0 Å². The smallest absolute Gasteiger partial charge is 0.872 e. The van der Waals surface area contributed by atoms with Gasteiger partial charge in [0.2, 0.25) is 0 Å². The Labute approximate surface area is 302 Å². The molecule has 4 aromatic carbocycles. The van der Waals surface area contributed by atoms with Gasteiger partial charge in [0.25, 0.3) is 0 Å². The van der Waals surface area contributed by atoms with Gasteiger partial charge in [0.05, 0.1) is 45.9 Å². The van der Waals surface area contributed by atoms with Crippen LogP contribution in [0, 0.1) is 0 Å². The van der Waals surface area contributed by atoms with Crippen molar-refractivity contribution in [2.75, 3.05) is 0 Å². The van der Waals surface area contributed by atoms with Gasteiger partial charge in [0.15, 0.2) is 11.6 Å². The third-order valence-corrected chi connectivity index (χ3v) is 5.76. The molecule has 0 amide bonds. The number of imidazole rings is 2. The Hall–Kier alpha value is -4.83. The number of carboxylic acid groups (broad SMARTS) is 4. The van der Waals surface area contributed by atoms with Gasteiger partial charge in [-0.05, 0) is 58.7 Å². The first-order valence-electron chi connectivity index (χ1n) is 12.3. The minimum Gasteiger partial charge on any atom is -0.872 e. The number of carboxylic acids is 4. The van der Waals surface area contributed by atoms with Crippen molar-refractivity contribution in [3.63, 3.8) is 0 Å². The van der Waals surface area contributed by atoms with Crippen molar-refractivity contribution in [1.29, 1.82) is 0 Å². The number of H-pyrrole nitrogens is 2. The monoisotopic (exact) mass is 784 g/mol. The molecule has 6 aromatic rings. The molecule has 0 aliphatic carbocycles. The minimum absolute atomic E-state index is 0. The second-order valence-electron chi connectivity index (χ2n) is 8.85. The van der Waals surface area contributed by atoms with Crippen LogP contribution in [0.1, 0.15) is 41.4 Å². The van der Waals surface area contributed by atoms with Gasteiger partial charge in [0, 0.05) is 0 Å². The van der Waals surface area contributed by atoms with Gasteiger partial charge in [-0.3, -0.25) is 0 Å². The molecule has 0 saturated carbocycles. The van der Waals surface area contributed by atoms with Crippen molar-refractivity contribution in [2.24, 2.45) is 0 Å². The minimum atomic E-state index is -1.60. The standard InChI is InChI=1S/C14H10N4.2C8H6O5.3Zn/c1-2-6-10-9(5-1)15-13(16-10)14-17-11-7-3-4-8-12(11)18-14;2*9-6-2-4(7(10)11)1-5(3-6)8(12)13;;;/h1-8H,(H,15,16)(H,17,18);2*1-3,9H,(H,10,11)(H,12,13);;;/q;;;3*+2/p-6. The van der Waals surface area contributed by atoms with Crippen LogP contribution in [0.25, 0.3) is 33.7 Å². The van der Waals surface area contributed by atoms with Gasteiger partial charge in [-0.15, -0.1) is 11.5 Å². The van der Waals surface area contributed by atoms with Crippen molar-refractivity contribution >= 4 is 45.9 Å². The molecule has 2 aromatic heterocycles. The van der Waals surface area contributed by atoms with Crippen molar-refractivity contribution < 1.29 is 108 Å². The molecule has 0 radical (unpaired) electrons. The average molecular weight is 789 g/mol. The number of carbonyl (C=O) groups excluding carboxylic acids is 4. The number of aromatic amines is 2. The van der Waals surface area contributed by atoms with Crippen LogP contribution in [0.3, 0.4) is 0 Å². The van der Waals surface area contributed by atoms with Crippen molar-refractivity contribution in [1.82, 2.24) is 19.9 Å². The Morgan fingerprint density at radius 1 is 0.468 bits per heavy atom. The molecular weight excluding hydrogens is 773 g/mol. The summed E-state index contributed by atoms with van der Waals surface area (Å²) in [5, 5.41) is 62.5. The average Bonchev–Trinajstić information content (AvgIpc) is 3.61. The van der Waals surface area contributed by atoms with Crippen LogP contribution in [-0.2, 0) is 58.4 Å². The molecule has 0 aliphatic heterocycles. The number of fused-ring (bicyclic) bond motifs is 2. The molecule has 14 nitrogen and oxygen atoms in total. The van der Waals surface area contributed by atoms with Crippen molar-refractivity contribution in [3.8, 4) is 23.1 Å². The molecule has 0 fully saturated rings. The van der Waals surface area contributed by atoms with E-state index in [9.17, 15) is 49.8 Å². The Morgan fingerprint density at radius 2 is 0.745 bits per heavy atom. The Kier molecular flexibility index (Phi) is 15.2. The first-order chi connectivity index (χ1) is 20.9. The first kappa shape index (κ1) is 40.2. The van der Waals surface area contributed by atoms with Crippen LogP contribution in [0.5, 0.6) is 11.5 Å². The summed E-state index contributed by atoms with van der Waals surface area (Å²) >= 11 is 0. The molecular formula is C30H16N4O10Zn3. The third-order valence-electron chi connectivity index (χ3n) is 5.76. The number of para-hydroxylation sites is 4. The molecule has 0 spiro atoms. The second-order valence-corrected chi connectivity index (χ2v) is 8.85. The van der Waals surface area contributed by atoms with Gasteiger partial charge >= 0.3 is 58.4 Å². The summed E-state index contributed by atoms with van der Waals surface area (Å²) in [4.78, 5) is 56.7. The van der Waals surface area contributed by atoms with E-state index in [1.54, 1.807) is 0 Å². The Balaban J connectivity index is 0.000000350. The number of hydrogen-bond donors (Lipinski definition) is 2. The van der Waals surface area contributed by atoms with Gasteiger partial charge in [-0.1, -0.05) is 48.5 Å². The molecule has 2 heterocycles. The summed E-state index contributed by atoms with van der Waals surface area (Å²) in [5.74, 6) is -6.26. The van der Waals surface area contributed by atoms with Crippen LogP contribution >= 0.6 is 0 Å². The van der Waals surface area contributed by atoms with Gasteiger partial charge in [0.1, 0.15) is 0 Å². The summed E-state index contributed by atoms with van der Waals surface area (Å²) in [5.41, 5.74) is 2.08. The van der Waals surface area contributed by atoms with E-state index in [0.717, 1.165) is 70.1 Å². The maximum atomic E-state index is 10.7. The van der Waals surface area contributed by atoms with E-state index in [1.807, 2.05) is 48.5 Å². The number of aromatic carboxylic acids is 4. The molecule has 6 rings (SSSR count). The summed E-state index contributed by atoms with van der Waals surface area (Å²) in [6.07, 6.45) is 0. The van der Waals surface area contributed by atoms with Gasteiger partial charge < -0.3 is 59.8 Å². The number of nitrogens with zero attached hydrogens (tertiary/aromatic N) is 2. The van der Waals surface area contributed by atoms with Crippen LogP contribution < -0.4 is 30.6 Å². The third kappa shape index (κ3) is 10.6. The van der Waals surface area contributed by atoms with Crippen molar-refractivity contribution in [3.05, 3.63) is 107 Å². The molecule has 0 aliphatic rings. The fourth-order valence-electron chi connectivity index (χ4n) is 3.80. The zero-order valence-corrected chi connectivity index (χ0v) is 33.1. The van der Waals surface area contributed by atoms with Crippen LogP contribution in [-0.4, -0.2) is 43.8 Å². The summed E-state index contributed by atoms with van der Waals surface area (Å²) < 4.78 is 0. The number of hydrogen-bond acceptors (Lipinski definition) is 12. The maximum Gasteiger partial charge on any atom is 2.00 e. The molecule has 47 heavy (non-hydrogen) atoms. The zero-order valence-electron chi connectivity index (χ0n) is 24.2. The van der Waals surface area contributed by atoms with Crippen LogP contribution in [0.15, 0.2) is 84.9 Å². The molecule has 0 unspecified atom stereocenters. The van der Waals surface area contributed by atoms with E-state index in [4.69, 9.17) is 0 Å². The first-order valence-corrected chi connectivity index (χ1v) is 12.3. The number of nitrogens with one attached hydrogen (secondary N) is 2. The molecule has 222 valence electrons. The fourth-order valence-corrected chi connectivity index (χ4v) is 3.80. The van der Waals surface area contributed by atoms with E-state index in [1.165, 1.54) is 0 Å². The van der Waals surface area contributed by atoms with Crippen LogP contribution in [0.4, 0.5) is 0 Å². The predicted octanol–water partition coefficient (Wildman–Crippen LogP) is -1.93. The second kappa shape index (κ2) is 17.8. The van der Waals surface area contributed by atoms with E-state index in [0.29, 0.717) is 0 Å². The quantitative estimate of drug-likeness (QED) is 0.181. The van der Waals surface area contributed by atoms with E-state index < -0.39 is 57.6 Å². The SMILES string of the molecule is O=C([O-])c1cc([O-])cc(C(=O)[O-])c1.O=C([O-])c1cc([O-])cc(C(=O)[O-])c1.[Zn+2].[Zn+2].[Zn+2].c1ccc2[nH]c(-c3nc4ccccc4[nH]3)nc2c1. The normalized spacial score (nSPS) is 9.62. The van der Waals surface area contributed by atoms with Gasteiger partial charge in [-0.25, -0.2) is 9.97 Å². The maximum absolute atomic E-state index is 10.7. The topological polar surface area (TPSA) is 264 Å². The largest absolute Gasteiger partial charge is 2.00 e. The Morgan fingerprint density at radius 3 is 1.00 bits per heavy atom. The molecule has 2 N–H and O–H groups in total. The van der Waals surface area contributed by atoms with Gasteiger partial charge in [-0.2, -0.15) is 0 Å². The summed E-state index contributed by atoms with van der Waals surface area (Å²) in [6, 6.07) is 20.7. The molecule has 0 bridgehead atoms. The number of rotatable bonds is 5. The summed E-state index contributed by atoms with van der Waals surface area (Å²) in [7, 11) is 0. The zero-order chi connectivity index (χ0) is 32.0. The molecule has 17 heteroatoms. The van der Waals surface area contributed by atoms with E-state index in [-0.39, 0.29) is 58.4 Å².